The van der Waals surface area contributed by atoms with Crippen LogP contribution in [0.25, 0.3) is 0 Å². The van der Waals surface area contributed by atoms with E-state index in [0.29, 0.717) is 18.7 Å². The third-order valence-electron chi connectivity index (χ3n) is 3.00. The summed E-state index contributed by atoms with van der Waals surface area (Å²) in [4.78, 5) is 10.2. The van der Waals surface area contributed by atoms with Crippen molar-refractivity contribution in [2.75, 3.05) is 11.9 Å². The van der Waals surface area contributed by atoms with Crippen LogP contribution >= 0.6 is 0 Å². The Kier molecular flexibility index (Phi) is 6.10. The van der Waals surface area contributed by atoms with Crippen LogP contribution in [0.1, 0.15) is 33.6 Å². The highest BCUT2D eigenvalue weighted by Crippen LogP contribution is 2.26. The number of sulfonamides is 1. The molecule has 1 atom stereocenters. The van der Waals surface area contributed by atoms with Gasteiger partial charge in [0.25, 0.3) is 5.69 Å². The number of nitro groups is 1. The van der Waals surface area contributed by atoms with E-state index in [0.717, 1.165) is 12.5 Å². The van der Waals surface area contributed by atoms with Crippen molar-refractivity contribution in [3.63, 3.8) is 0 Å². The molecule has 0 bridgehead atoms. The number of rotatable bonds is 8. The van der Waals surface area contributed by atoms with E-state index in [1.54, 1.807) is 6.92 Å². The molecule has 7 nitrogen and oxygen atoms in total. The molecule has 0 heterocycles. The maximum atomic E-state index is 12.4. The Hall–Kier alpha value is -1.67. The molecule has 0 spiro atoms. The standard InChI is InChI=1S/C13H21N3O4S/c1-4-8-14-12-7-6-11(16(17)18)9-13(12)21(19,20)15-10(3)5-2/h6-7,9-10,14-15H,4-5,8H2,1-3H3. The van der Waals surface area contributed by atoms with Gasteiger partial charge in [-0.25, -0.2) is 13.1 Å². The molecule has 0 saturated carbocycles. The molecular weight excluding hydrogens is 294 g/mol. The number of nitro benzene ring substituents is 1. The molecule has 0 amide bonds. The van der Waals surface area contributed by atoms with Crippen molar-refractivity contribution in [1.29, 1.82) is 0 Å². The fraction of sp³-hybridized carbons (Fsp3) is 0.538. The summed E-state index contributed by atoms with van der Waals surface area (Å²) in [6.45, 7) is 6.14. The van der Waals surface area contributed by atoms with Crippen LogP contribution in [0.15, 0.2) is 23.1 Å². The van der Waals surface area contributed by atoms with Crippen LogP contribution in [-0.4, -0.2) is 25.9 Å². The third-order valence-corrected chi connectivity index (χ3v) is 4.63. The fourth-order valence-electron chi connectivity index (χ4n) is 1.66. The summed E-state index contributed by atoms with van der Waals surface area (Å²) in [5, 5.41) is 13.8. The van der Waals surface area contributed by atoms with Gasteiger partial charge in [-0.15, -0.1) is 0 Å². The molecule has 1 unspecified atom stereocenters. The quantitative estimate of drug-likeness (QED) is 0.567. The summed E-state index contributed by atoms with van der Waals surface area (Å²) in [6.07, 6.45) is 1.45. The first-order valence-corrected chi connectivity index (χ1v) is 8.34. The van der Waals surface area contributed by atoms with Gasteiger partial charge in [0.15, 0.2) is 0 Å². The molecule has 1 aromatic carbocycles. The zero-order chi connectivity index (χ0) is 16.0. The van der Waals surface area contributed by atoms with Gasteiger partial charge in [0.05, 0.1) is 10.6 Å². The molecule has 2 N–H and O–H groups in total. The van der Waals surface area contributed by atoms with Gasteiger partial charge in [0.1, 0.15) is 4.90 Å². The third kappa shape index (κ3) is 4.68. The van der Waals surface area contributed by atoms with Crippen LogP contribution in [-0.2, 0) is 10.0 Å². The number of nitrogens with one attached hydrogen (secondary N) is 2. The molecule has 0 aliphatic rings. The van der Waals surface area contributed by atoms with Crippen LogP contribution in [0.4, 0.5) is 11.4 Å². The second-order valence-corrected chi connectivity index (χ2v) is 6.48. The summed E-state index contributed by atoms with van der Waals surface area (Å²) in [6, 6.07) is 3.57. The smallest absolute Gasteiger partial charge is 0.270 e. The molecule has 21 heavy (non-hydrogen) atoms. The molecule has 118 valence electrons. The van der Waals surface area contributed by atoms with E-state index in [9.17, 15) is 18.5 Å². The second kappa shape index (κ2) is 7.37. The minimum atomic E-state index is -3.81. The van der Waals surface area contributed by atoms with Gasteiger partial charge in [0.2, 0.25) is 10.0 Å². The van der Waals surface area contributed by atoms with Gasteiger partial charge in [-0.2, -0.15) is 0 Å². The van der Waals surface area contributed by atoms with E-state index in [4.69, 9.17) is 0 Å². The van der Waals surface area contributed by atoms with Crippen molar-refractivity contribution in [1.82, 2.24) is 4.72 Å². The topological polar surface area (TPSA) is 101 Å². The summed E-state index contributed by atoms with van der Waals surface area (Å²) in [5.74, 6) is 0. The lowest BCUT2D eigenvalue weighted by Gasteiger charge is -2.15. The highest BCUT2D eigenvalue weighted by molar-refractivity contribution is 7.89. The molecule has 0 saturated heterocycles. The van der Waals surface area contributed by atoms with Crippen molar-refractivity contribution < 1.29 is 13.3 Å². The number of anilines is 1. The Morgan fingerprint density at radius 3 is 2.52 bits per heavy atom. The average Bonchev–Trinajstić information content (AvgIpc) is 2.44. The Morgan fingerprint density at radius 1 is 1.33 bits per heavy atom. The van der Waals surface area contributed by atoms with Gasteiger partial charge in [0, 0.05) is 24.7 Å². The zero-order valence-electron chi connectivity index (χ0n) is 12.4. The highest BCUT2D eigenvalue weighted by Gasteiger charge is 2.23. The Labute approximate surface area is 124 Å². The molecule has 1 rings (SSSR count). The van der Waals surface area contributed by atoms with Crippen LogP contribution in [0.3, 0.4) is 0 Å². The number of non-ortho nitro benzene ring substituents is 1. The molecule has 0 aromatic heterocycles. The Balaban J connectivity index is 3.27. The summed E-state index contributed by atoms with van der Waals surface area (Å²) < 4.78 is 27.3. The van der Waals surface area contributed by atoms with Crippen molar-refractivity contribution >= 4 is 21.4 Å². The maximum absolute atomic E-state index is 12.4. The molecular formula is C13H21N3O4S. The van der Waals surface area contributed by atoms with E-state index in [1.807, 2.05) is 13.8 Å². The number of hydrogen-bond acceptors (Lipinski definition) is 5. The van der Waals surface area contributed by atoms with Crippen LogP contribution in [0, 0.1) is 10.1 Å². The van der Waals surface area contributed by atoms with Gasteiger partial charge in [-0.1, -0.05) is 13.8 Å². The number of benzene rings is 1. The van der Waals surface area contributed by atoms with Crippen molar-refractivity contribution in [2.45, 2.75) is 44.6 Å². The largest absolute Gasteiger partial charge is 0.384 e. The summed E-state index contributed by atoms with van der Waals surface area (Å²) in [7, 11) is -3.81. The minimum Gasteiger partial charge on any atom is -0.384 e. The van der Waals surface area contributed by atoms with Gasteiger partial charge < -0.3 is 5.32 Å². The molecule has 0 aliphatic heterocycles. The first-order chi connectivity index (χ1) is 9.81. The number of hydrogen-bond donors (Lipinski definition) is 2. The summed E-state index contributed by atoms with van der Waals surface area (Å²) in [5.41, 5.74) is 0.125. The molecule has 8 heteroatoms. The lowest BCUT2D eigenvalue weighted by Crippen LogP contribution is -2.32. The molecule has 1 aromatic rings. The van der Waals surface area contributed by atoms with Crippen molar-refractivity contribution in [3.05, 3.63) is 28.3 Å². The van der Waals surface area contributed by atoms with E-state index in [1.165, 1.54) is 12.1 Å². The predicted octanol–water partition coefficient (Wildman–Crippen LogP) is 2.49. The number of nitrogens with zero attached hydrogens (tertiary/aromatic N) is 1. The van der Waals surface area contributed by atoms with Gasteiger partial charge >= 0.3 is 0 Å². The summed E-state index contributed by atoms with van der Waals surface area (Å²) >= 11 is 0. The second-order valence-electron chi connectivity index (χ2n) is 4.79. The minimum absolute atomic E-state index is 0.0922. The normalized spacial score (nSPS) is 12.9. The maximum Gasteiger partial charge on any atom is 0.270 e. The zero-order valence-corrected chi connectivity index (χ0v) is 13.2. The first-order valence-electron chi connectivity index (χ1n) is 6.86. The monoisotopic (exact) mass is 315 g/mol. The van der Waals surface area contributed by atoms with Crippen LogP contribution < -0.4 is 10.0 Å². The van der Waals surface area contributed by atoms with E-state index < -0.39 is 14.9 Å². The van der Waals surface area contributed by atoms with Gasteiger partial charge in [-0.3, -0.25) is 10.1 Å². The SMILES string of the molecule is CCCNc1ccc([N+](=O)[O-])cc1S(=O)(=O)NC(C)CC. The van der Waals surface area contributed by atoms with Crippen LogP contribution in [0.2, 0.25) is 0 Å². The van der Waals surface area contributed by atoms with E-state index in [-0.39, 0.29) is 16.6 Å². The molecule has 0 radical (unpaired) electrons. The lowest BCUT2D eigenvalue weighted by atomic mass is 10.3. The van der Waals surface area contributed by atoms with Crippen molar-refractivity contribution in [2.24, 2.45) is 0 Å². The van der Waals surface area contributed by atoms with E-state index >= 15 is 0 Å². The van der Waals surface area contributed by atoms with Gasteiger partial charge in [-0.05, 0) is 25.8 Å². The predicted molar refractivity (Wildman–Crippen MR) is 82.0 cm³/mol. The van der Waals surface area contributed by atoms with E-state index in [2.05, 4.69) is 10.0 Å². The average molecular weight is 315 g/mol. The fourth-order valence-corrected chi connectivity index (χ4v) is 3.19. The lowest BCUT2D eigenvalue weighted by molar-refractivity contribution is -0.385. The Morgan fingerprint density at radius 2 is 2.00 bits per heavy atom. The van der Waals surface area contributed by atoms with Crippen LogP contribution in [0.5, 0.6) is 0 Å². The molecule has 0 fully saturated rings. The molecule has 0 aliphatic carbocycles. The highest BCUT2D eigenvalue weighted by atomic mass is 32.2. The Bertz CT molecular complexity index is 601. The first kappa shape index (κ1) is 17.4. The van der Waals surface area contributed by atoms with Crippen molar-refractivity contribution in [3.8, 4) is 0 Å².